The Kier molecular flexibility index (Phi) is 4.63. The van der Waals surface area contributed by atoms with E-state index in [4.69, 9.17) is 0 Å². The fraction of sp³-hybridized carbons (Fsp3) is 0.600. The lowest BCUT2D eigenvalue weighted by molar-refractivity contribution is 0.407. The minimum absolute atomic E-state index is 0.463. The van der Waals surface area contributed by atoms with Gasteiger partial charge in [-0.25, -0.2) is 8.42 Å². The molecule has 2 rings (SSSR count). The van der Waals surface area contributed by atoms with Crippen LogP contribution in [0.4, 0.5) is 0 Å². The molecule has 1 atom stereocenters. The molecule has 1 heterocycles. The van der Waals surface area contributed by atoms with Gasteiger partial charge in [-0.2, -0.15) is 4.31 Å². The molecule has 0 aliphatic carbocycles. The van der Waals surface area contributed by atoms with E-state index in [1.54, 1.807) is 16.4 Å². The lowest BCUT2D eigenvalue weighted by Crippen LogP contribution is -2.32. The zero-order valence-corrected chi connectivity index (χ0v) is 12.6. The largest absolute Gasteiger partial charge is 0.243 e. The van der Waals surface area contributed by atoms with E-state index in [0.717, 1.165) is 31.2 Å². The molecule has 19 heavy (non-hydrogen) atoms. The van der Waals surface area contributed by atoms with Gasteiger partial charge in [0.2, 0.25) is 10.0 Å². The highest BCUT2D eigenvalue weighted by Gasteiger charge is 2.27. The Morgan fingerprint density at radius 3 is 2.63 bits per heavy atom. The molecule has 4 heteroatoms. The lowest BCUT2D eigenvalue weighted by atomic mass is 9.98. The van der Waals surface area contributed by atoms with E-state index in [0.29, 0.717) is 23.9 Å². The molecule has 1 aromatic rings. The highest BCUT2D eigenvalue weighted by Crippen LogP contribution is 2.26. The standard InChI is InChI=1S/C15H23NO2S/c1-3-14-8-6-11-16(12-10-14)19(17,18)15-9-5-4-7-13(15)2/h4-5,7,9,14H,3,6,8,10-12H2,1-2H3. The van der Waals surface area contributed by atoms with E-state index in [2.05, 4.69) is 6.92 Å². The molecule has 0 aromatic heterocycles. The summed E-state index contributed by atoms with van der Waals surface area (Å²) in [5.74, 6) is 0.678. The fourth-order valence-electron chi connectivity index (χ4n) is 2.77. The summed E-state index contributed by atoms with van der Waals surface area (Å²) >= 11 is 0. The first-order valence-electron chi connectivity index (χ1n) is 7.11. The Morgan fingerprint density at radius 2 is 1.95 bits per heavy atom. The van der Waals surface area contributed by atoms with Gasteiger partial charge in [0.05, 0.1) is 4.90 Å². The molecule has 1 aliphatic heterocycles. The summed E-state index contributed by atoms with van der Waals surface area (Å²) in [5.41, 5.74) is 0.832. The van der Waals surface area contributed by atoms with Gasteiger partial charge in [-0.05, 0) is 43.7 Å². The molecule has 1 fully saturated rings. The zero-order chi connectivity index (χ0) is 13.9. The molecule has 0 saturated carbocycles. The minimum Gasteiger partial charge on any atom is -0.207 e. The molecule has 3 nitrogen and oxygen atoms in total. The summed E-state index contributed by atoms with van der Waals surface area (Å²) in [5, 5.41) is 0. The Labute approximate surface area is 116 Å². The van der Waals surface area contributed by atoms with E-state index in [1.807, 2.05) is 19.1 Å². The van der Waals surface area contributed by atoms with Gasteiger partial charge in [-0.3, -0.25) is 0 Å². The average molecular weight is 281 g/mol. The topological polar surface area (TPSA) is 37.4 Å². The van der Waals surface area contributed by atoms with Crippen molar-refractivity contribution in [1.29, 1.82) is 0 Å². The number of hydrogen-bond donors (Lipinski definition) is 0. The molecule has 1 aliphatic rings. The van der Waals surface area contributed by atoms with Crippen LogP contribution in [0.1, 0.15) is 38.2 Å². The quantitative estimate of drug-likeness (QED) is 0.853. The maximum Gasteiger partial charge on any atom is 0.243 e. The fourth-order valence-corrected chi connectivity index (χ4v) is 4.49. The second-order valence-electron chi connectivity index (χ2n) is 5.37. The highest BCUT2D eigenvalue weighted by molar-refractivity contribution is 7.89. The zero-order valence-electron chi connectivity index (χ0n) is 11.8. The Balaban J connectivity index is 2.23. The SMILES string of the molecule is CCC1CCCN(S(=O)(=O)c2ccccc2C)CC1. The van der Waals surface area contributed by atoms with Crippen molar-refractivity contribution < 1.29 is 8.42 Å². The van der Waals surface area contributed by atoms with E-state index < -0.39 is 10.0 Å². The smallest absolute Gasteiger partial charge is 0.207 e. The van der Waals surface area contributed by atoms with Crippen LogP contribution in [0.2, 0.25) is 0 Å². The van der Waals surface area contributed by atoms with Crippen LogP contribution in [-0.4, -0.2) is 25.8 Å². The van der Waals surface area contributed by atoms with Crippen molar-refractivity contribution in [2.24, 2.45) is 5.92 Å². The van der Waals surface area contributed by atoms with Gasteiger partial charge >= 0.3 is 0 Å². The molecule has 1 unspecified atom stereocenters. The van der Waals surface area contributed by atoms with Gasteiger partial charge < -0.3 is 0 Å². The van der Waals surface area contributed by atoms with Crippen molar-refractivity contribution in [3.05, 3.63) is 29.8 Å². The Bertz CT molecular complexity index is 525. The molecule has 0 amide bonds. The van der Waals surface area contributed by atoms with Crippen molar-refractivity contribution in [3.8, 4) is 0 Å². The lowest BCUT2D eigenvalue weighted by Gasteiger charge is -2.21. The average Bonchev–Trinajstić information content (AvgIpc) is 2.64. The molecule has 1 saturated heterocycles. The minimum atomic E-state index is -3.31. The number of aryl methyl sites for hydroxylation is 1. The first kappa shape index (κ1) is 14.5. The van der Waals surface area contributed by atoms with Crippen LogP contribution in [0.25, 0.3) is 0 Å². The summed E-state index contributed by atoms with van der Waals surface area (Å²) in [6.45, 7) is 5.37. The number of nitrogens with zero attached hydrogens (tertiary/aromatic N) is 1. The molecule has 0 spiro atoms. The van der Waals surface area contributed by atoms with Gasteiger partial charge in [0.1, 0.15) is 0 Å². The highest BCUT2D eigenvalue weighted by atomic mass is 32.2. The number of rotatable bonds is 3. The van der Waals surface area contributed by atoms with Crippen LogP contribution >= 0.6 is 0 Å². The number of sulfonamides is 1. The number of benzene rings is 1. The van der Waals surface area contributed by atoms with Crippen LogP contribution < -0.4 is 0 Å². The predicted molar refractivity (Wildman–Crippen MR) is 77.6 cm³/mol. The van der Waals surface area contributed by atoms with E-state index >= 15 is 0 Å². The molecule has 0 N–H and O–H groups in total. The Morgan fingerprint density at radius 1 is 1.21 bits per heavy atom. The van der Waals surface area contributed by atoms with Gasteiger partial charge in [0, 0.05) is 13.1 Å². The number of hydrogen-bond acceptors (Lipinski definition) is 2. The Hall–Kier alpha value is -0.870. The molecule has 1 aromatic carbocycles. The van der Waals surface area contributed by atoms with Crippen LogP contribution in [-0.2, 0) is 10.0 Å². The van der Waals surface area contributed by atoms with Gasteiger partial charge in [-0.1, -0.05) is 31.5 Å². The molecular weight excluding hydrogens is 258 g/mol. The van der Waals surface area contributed by atoms with Gasteiger partial charge in [-0.15, -0.1) is 0 Å². The van der Waals surface area contributed by atoms with Crippen molar-refractivity contribution >= 4 is 10.0 Å². The second kappa shape index (κ2) is 6.06. The van der Waals surface area contributed by atoms with Crippen LogP contribution in [0, 0.1) is 12.8 Å². The molecule has 106 valence electrons. The third-order valence-corrected chi connectivity index (χ3v) is 6.15. The van der Waals surface area contributed by atoms with Gasteiger partial charge in [0.15, 0.2) is 0 Å². The van der Waals surface area contributed by atoms with Crippen molar-refractivity contribution in [2.45, 2.75) is 44.4 Å². The third kappa shape index (κ3) is 3.18. The monoisotopic (exact) mass is 281 g/mol. The van der Waals surface area contributed by atoms with Gasteiger partial charge in [0.25, 0.3) is 0 Å². The predicted octanol–water partition coefficient (Wildman–Crippen LogP) is 3.20. The molecular formula is C15H23NO2S. The summed E-state index contributed by atoms with van der Waals surface area (Å²) < 4.78 is 27.0. The molecule has 0 radical (unpaired) electrons. The van der Waals surface area contributed by atoms with Crippen LogP contribution in [0.15, 0.2) is 29.2 Å². The third-order valence-electron chi connectivity index (χ3n) is 4.10. The van der Waals surface area contributed by atoms with E-state index in [-0.39, 0.29) is 0 Å². The normalized spacial score (nSPS) is 22.1. The summed E-state index contributed by atoms with van der Waals surface area (Å²) in [4.78, 5) is 0.463. The van der Waals surface area contributed by atoms with Crippen molar-refractivity contribution in [2.75, 3.05) is 13.1 Å². The first-order valence-corrected chi connectivity index (χ1v) is 8.55. The van der Waals surface area contributed by atoms with Crippen LogP contribution in [0.3, 0.4) is 0 Å². The van der Waals surface area contributed by atoms with Crippen molar-refractivity contribution in [3.63, 3.8) is 0 Å². The maximum atomic E-state index is 12.7. The molecule has 0 bridgehead atoms. The summed E-state index contributed by atoms with van der Waals surface area (Å²) in [6.07, 6.45) is 4.26. The van der Waals surface area contributed by atoms with Crippen molar-refractivity contribution in [1.82, 2.24) is 4.31 Å². The summed E-state index contributed by atoms with van der Waals surface area (Å²) in [6, 6.07) is 7.25. The maximum absolute atomic E-state index is 12.7. The first-order chi connectivity index (χ1) is 9.05. The van der Waals surface area contributed by atoms with E-state index in [9.17, 15) is 8.42 Å². The second-order valence-corrected chi connectivity index (χ2v) is 7.28. The van der Waals surface area contributed by atoms with E-state index in [1.165, 1.54) is 0 Å². The summed E-state index contributed by atoms with van der Waals surface area (Å²) in [7, 11) is -3.31. The van der Waals surface area contributed by atoms with Crippen LogP contribution in [0.5, 0.6) is 0 Å².